The van der Waals surface area contributed by atoms with Gasteiger partial charge in [-0.2, -0.15) is 0 Å². The average molecular weight is 227 g/mol. The van der Waals surface area contributed by atoms with Crippen LogP contribution in [0.1, 0.15) is 19.3 Å². The van der Waals surface area contributed by atoms with Gasteiger partial charge in [-0.1, -0.05) is 12.8 Å². The van der Waals surface area contributed by atoms with Crippen LogP contribution in [0.25, 0.3) is 10.9 Å². The Morgan fingerprint density at radius 2 is 2.18 bits per heavy atom. The topological polar surface area (TPSA) is 50.9 Å². The van der Waals surface area contributed by atoms with Gasteiger partial charge in [-0.05, 0) is 36.6 Å². The molecule has 1 heterocycles. The number of pyridine rings is 1. The quantitative estimate of drug-likeness (QED) is 0.789. The number of aromatic nitrogens is 1. The molecule has 0 atom stereocenters. The van der Waals surface area contributed by atoms with Gasteiger partial charge in [-0.3, -0.25) is 4.98 Å². The molecule has 3 N–H and O–H groups in total. The number of nitrogens with one attached hydrogen (secondary N) is 1. The van der Waals surface area contributed by atoms with Crippen molar-refractivity contribution < 1.29 is 0 Å². The van der Waals surface area contributed by atoms with Gasteiger partial charge in [0.1, 0.15) is 0 Å². The van der Waals surface area contributed by atoms with Gasteiger partial charge in [0, 0.05) is 29.5 Å². The molecule has 0 spiro atoms. The molecule has 17 heavy (non-hydrogen) atoms. The van der Waals surface area contributed by atoms with E-state index in [2.05, 4.69) is 10.3 Å². The molecule has 3 nitrogen and oxygen atoms in total. The lowest BCUT2D eigenvalue weighted by atomic mass is 10.1. The van der Waals surface area contributed by atoms with Gasteiger partial charge in [-0.25, -0.2) is 0 Å². The van der Waals surface area contributed by atoms with Crippen LogP contribution in [-0.2, 0) is 0 Å². The van der Waals surface area contributed by atoms with Crippen molar-refractivity contribution in [1.29, 1.82) is 0 Å². The van der Waals surface area contributed by atoms with E-state index in [0.29, 0.717) is 0 Å². The van der Waals surface area contributed by atoms with Crippen molar-refractivity contribution in [3.05, 3.63) is 30.5 Å². The minimum atomic E-state index is 0.764. The SMILES string of the molecule is Nc1ccc2c(NCCC3CC3)ccnc2c1. The molecule has 1 aliphatic rings. The van der Waals surface area contributed by atoms with Crippen molar-refractivity contribution >= 4 is 22.3 Å². The highest BCUT2D eigenvalue weighted by Gasteiger charge is 2.20. The fraction of sp³-hybridized carbons (Fsp3) is 0.357. The normalized spacial score (nSPS) is 15.1. The smallest absolute Gasteiger partial charge is 0.0743 e. The summed E-state index contributed by atoms with van der Waals surface area (Å²) in [6.07, 6.45) is 5.94. The molecule has 1 aliphatic carbocycles. The van der Waals surface area contributed by atoms with E-state index in [0.717, 1.165) is 34.7 Å². The summed E-state index contributed by atoms with van der Waals surface area (Å²) in [6, 6.07) is 7.92. The Kier molecular flexibility index (Phi) is 2.59. The lowest BCUT2D eigenvalue weighted by molar-refractivity contribution is 0.761. The number of nitrogens with zero attached hydrogens (tertiary/aromatic N) is 1. The maximum Gasteiger partial charge on any atom is 0.0743 e. The van der Waals surface area contributed by atoms with E-state index < -0.39 is 0 Å². The van der Waals surface area contributed by atoms with Crippen molar-refractivity contribution in [1.82, 2.24) is 4.98 Å². The molecule has 0 saturated heterocycles. The summed E-state index contributed by atoms with van der Waals surface area (Å²) in [7, 11) is 0. The first-order valence-corrected chi connectivity index (χ1v) is 6.21. The van der Waals surface area contributed by atoms with Crippen LogP contribution in [0.4, 0.5) is 11.4 Å². The monoisotopic (exact) mass is 227 g/mol. The van der Waals surface area contributed by atoms with Gasteiger partial charge in [0.2, 0.25) is 0 Å². The molecule has 0 bridgehead atoms. The van der Waals surface area contributed by atoms with E-state index in [1.165, 1.54) is 19.3 Å². The predicted octanol–water partition coefficient (Wildman–Crippen LogP) is 3.03. The molecular weight excluding hydrogens is 210 g/mol. The zero-order valence-corrected chi connectivity index (χ0v) is 9.82. The third-order valence-electron chi connectivity index (χ3n) is 3.33. The molecule has 0 aliphatic heterocycles. The molecule has 1 saturated carbocycles. The number of hydrogen-bond acceptors (Lipinski definition) is 3. The molecule has 1 fully saturated rings. The summed E-state index contributed by atoms with van der Waals surface area (Å²) in [5.74, 6) is 0.964. The second-order valence-corrected chi connectivity index (χ2v) is 4.79. The van der Waals surface area contributed by atoms with Crippen LogP contribution < -0.4 is 11.1 Å². The second kappa shape index (κ2) is 4.24. The fourth-order valence-electron chi connectivity index (χ4n) is 2.14. The van der Waals surface area contributed by atoms with Crippen LogP contribution in [0.3, 0.4) is 0 Å². The zero-order chi connectivity index (χ0) is 11.7. The van der Waals surface area contributed by atoms with E-state index in [9.17, 15) is 0 Å². The maximum absolute atomic E-state index is 5.76. The minimum Gasteiger partial charge on any atom is -0.399 e. The third-order valence-corrected chi connectivity index (χ3v) is 3.33. The van der Waals surface area contributed by atoms with Crippen molar-refractivity contribution in [2.75, 3.05) is 17.6 Å². The number of rotatable bonds is 4. The lowest BCUT2D eigenvalue weighted by Gasteiger charge is -2.09. The van der Waals surface area contributed by atoms with Gasteiger partial charge in [0.15, 0.2) is 0 Å². The Balaban J connectivity index is 1.81. The van der Waals surface area contributed by atoms with Gasteiger partial charge in [0.25, 0.3) is 0 Å². The van der Waals surface area contributed by atoms with Crippen molar-refractivity contribution in [3.8, 4) is 0 Å². The molecule has 0 unspecified atom stereocenters. The summed E-state index contributed by atoms with van der Waals surface area (Å²) in [5, 5.41) is 4.65. The molecule has 0 amide bonds. The number of anilines is 2. The predicted molar refractivity (Wildman–Crippen MR) is 72.0 cm³/mol. The number of nitrogens with two attached hydrogens (primary N) is 1. The first kappa shape index (κ1) is 10.4. The average Bonchev–Trinajstić information content (AvgIpc) is 3.13. The molecule has 88 valence electrons. The highest BCUT2D eigenvalue weighted by Crippen LogP contribution is 2.32. The molecule has 3 rings (SSSR count). The van der Waals surface area contributed by atoms with Crippen LogP contribution in [0.15, 0.2) is 30.5 Å². The maximum atomic E-state index is 5.76. The molecule has 3 heteroatoms. The standard InChI is InChI=1S/C14H17N3/c15-11-3-4-12-13(6-8-17-14(12)9-11)16-7-5-10-1-2-10/h3-4,6,8-10H,1-2,5,7,15H2,(H,16,17). The number of benzene rings is 1. The molecule has 0 radical (unpaired) electrons. The van der Waals surface area contributed by atoms with Gasteiger partial charge in [-0.15, -0.1) is 0 Å². The number of fused-ring (bicyclic) bond motifs is 1. The minimum absolute atomic E-state index is 0.764. The van der Waals surface area contributed by atoms with Crippen LogP contribution >= 0.6 is 0 Å². The molecule has 2 aromatic rings. The highest BCUT2D eigenvalue weighted by molar-refractivity contribution is 5.92. The van der Waals surface area contributed by atoms with E-state index in [1.807, 2.05) is 30.5 Å². The summed E-state index contributed by atoms with van der Waals surface area (Å²) >= 11 is 0. The number of hydrogen-bond donors (Lipinski definition) is 2. The first-order valence-electron chi connectivity index (χ1n) is 6.21. The molecule has 1 aromatic carbocycles. The Hall–Kier alpha value is -1.77. The van der Waals surface area contributed by atoms with E-state index in [-0.39, 0.29) is 0 Å². The molecular formula is C14H17N3. The summed E-state index contributed by atoms with van der Waals surface area (Å²) < 4.78 is 0. The fourth-order valence-corrected chi connectivity index (χ4v) is 2.14. The van der Waals surface area contributed by atoms with Crippen molar-refractivity contribution in [2.45, 2.75) is 19.3 Å². The Morgan fingerprint density at radius 3 is 3.00 bits per heavy atom. The summed E-state index contributed by atoms with van der Waals surface area (Å²) in [4.78, 5) is 4.34. The van der Waals surface area contributed by atoms with E-state index in [1.54, 1.807) is 0 Å². The summed E-state index contributed by atoms with van der Waals surface area (Å²) in [5.41, 5.74) is 8.65. The van der Waals surface area contributed by atoms with Crippen LogP contribution in [-0.4, -0.2) is 11.5 Å². The molecule has 1 aromatic heterocycles. The van der Waals surface area contributed by atoms with Gasteiger partial charge in [0.05, 0.1) is 5.52 Å². The third kappa shape index (κ3) is 2.33. The Morgan fingerprint density at radius 1 is 1.29 bits per heavy atom. The Bertz CT molecular complexity index is 532. The first-order chi connectivity index (χ1) is 8.33. The zero-order valence-electron chi connectivity index (χ0n) is 9.82. The van der Waals surface area contributed by atoms with E-state index in [4.69, 9.17) is 5.73 Å². The highest BCUT2D eigenvalue weighted by atomic mass is 14.9. The van der Waals surface area contributed by atoms with Crippen molar-refractivity contribution in [3.63, 3.8) is 0 Å². The number of nitrogen functional groups attached to an aromatic ring is 1. The second-order valence-electron chi connectivity index (χ2n) is 4.79. The van der Waals surface area contributed by atoms with E-state index >= 15 is 0 Å². The van der Waals surface area contributed by atoms with Crippen LogP contribution in [0, 0.1) is 5.92 Å². The van der Waals surface area contributed by atoms with Crippen LogP contribution in [0.2, 0.25) is 0 Å². The van der Waals surface area contributed by atoms with Gasteiger partial charge < -0.3 is 11.1 Å². The summed E-state index contributed by atoms with van der Waals surface area (Å²) in [6.45, 7) is 1.05. The van der Waals surface area contributed by atoms with Crippen LogP contribution in [0.5, 0.6) is 0 Å². The van der Waals surface area contributed by atoms with Crippen molar-refractivity contribution in [2.24, 2.45) is 5.92 Å². The Labute approximate surface area is 101 Å². The van der Waals surface area contributed by atoms with Gasteiger partial charge >= 0.3 is 0 Å². The lowest BCUT2D eigenvalue weighted by Crippen LogP contribution is -2.03. The largest absolute Gasteiger partial charge is 0.399 e.